The molecule has 0 radical (unpaired) electrons. The molecule has 1 saturated heterocycles. The molecule has 1 aromatic carbocycles. The topological polar surface area (TPSA) is 133 Å². The summed E-state index contributed by atoms with van der Waals surface area (Å²) in [5, 5.41) is 10.9. The van der Waals surface area contributed by atoms with Gasteiger partial charge in [-0.05, 0) is 73.1 Å². The van der Waals surface area contributed by atoms with Gasteiger partial charge in [0.15, 0.2) is 10.7 Å². The molecule has 11 nitrogen and oxygen atoms in total. The molecule has 2 N–H and O–H groups in total. The SMILES string of the molecule is Cc1cc2c(c(NC(=O)NS(=O)(=O)c3ccn(CC4CCO4)n3)c1-c1ccn3ncnc3c1)CCC2. The molecule has 0 saturated carbocycles. The van der Waals surface area contributed by atoms with E-state index < -0.39 is 16.1 Å². The first-order chi connectivity index (χ1) is 17.4. The molecule has 1 aliphatic carbocycles. The van der Waals surface area contributed by atoms with Crippen LogP contribution in [0.1, 0.15) is 29.5 Å². The number of benzene rings is 1. The number of aromatic nitrogens is 5. The maximum atomic E-state index is 13.0. The van der Waals surface area contributed by atoms with E-state index in [4.69, 9.17) is 4.74 Å². The summed E-state index contributed by atoms with van der Waals surface area (Å²) in [5.74, 6) is 0. The molecule has 186 valence electrons. The van der Waals surface area contributed by atoms with E-state index in [1.165, 1.54) is 17.1 Å². The monoisotopic (exact) mass is 507 g/mol. The van der Waals surface area contributed by atoms with Gasteiger partial charge in [0, 0.05) is 24.6 Å². The average molecular weight is 508 g/mol. The van der Waals surface area contributed by atoms with E-state index in [2.05, 4.69) is 31.3 Å². The van der Waals surface area contributed by atoms with Crippen molar-refractivity contribution in [2.24, 2.45) is 0 Å². The van der Waals surface area contributed by atoms with Crippen LogP contribution >= 0.6 is 0 Å². The highest BCUT2D eigenvalue weighted by atomic mass is 32.2. The summed E-state index contributed by atoms with van der Waals surface area (Å²) >= 11 is 0. The van der Waals surface area contributed by atoms with Crippen molar-refractivity contribution in [3.8, 4) is 11.1 Å². The molecule has 6 rings (SSSR count). The Morgan fingerprint density at radius 3 is 2.89 bits per heavy atom. The fourth-order valence-corrected chi connectivity index (χ4v) is 5.76. The van der Waals surface area contributed by atoms with Gasteiger partial charge in [-0.1, -0.05) is 6.07 Å². The maximum Gasteiger partial charge on any atom is 0.333 e. The van der Waals surface area contributed by atoms with E-state index in [-0.39, 0.29) is 11.1 Å². The van der Waals surface area contributed by atoms with Gasteiger partial charge in [0.25, 0.3) is 10.0 Å². The number of nitrogens with zero attached hydrogens (tertiary/aromatic N) is 5. The first-order valence-electron chi connectivity index (χ1n) is 11.8. The first kappa shape index (κ1) is 22.7. The van der Waals surface area contributed by atoms with Crippen LogP contribution in [0.5, 0.6) is 0 Å². The lowest BCUT2D eigenvalue weighted by atomic mass is 9.93. The van der Waals surface area contributed by atoms with Gasteiger partial charge in [0.05, 0.1) is 18.3 Å². The minimum atomic E-state index is -4.16. The number of anilines is 1. The predicted octanol–water partition coefficient (Wildman–Crippen LogP) is 2.69. The molecule has 36 heavy (non-hydrogen) atoms. The fraction of sp³-hybridized carbons (Fsp3) is 0.333. The van der Waals surface area contributed by atoms with Gasteiger partial charge in [-0.15, -0.1) is 0 Å². The predicted molar refractivity (Wildman–Crippen MR) is 131 cm³/mol. The van der Waals surface area contributed by atoms with Gasteiger partial charge in [0.1, 0.15) is 6.33 Å². The third-order valence-corrected chi connectivity index (χ3v) is 7.93. The molecule has 12 heteroatoms. The van der Waals surface area contributed by atoms with E-state index in [0.29, 0.717) is 24.5 Å². The van der Waals surface area contributed by atoms with Crippen molar-refractivity contribution >= 4 is 27.4 Å². The molecule has 1 atom stereocenters. The minimum Gasteiger partial charge on any atom is -0.376 e. The number of carbonyl (C=O) groups excluding carboxylic acids is 1. The van der Waals surface area contributed by atoms with Crippen molar-refractivity contribution in [1.82, 2.24) is 29.1 Å². The van der Waals surface area contributed by atoms with E-state index in [9.17, 15) is 13.2 Å². The number of hydrogen-bond donors (Lipinski definition) is 2. The molecule has 1 aliphatic heterocycles. The van der Waals surface area contributed by atoms with Crippen molar-refractivity contribution in [1.29, 1.82) is 0 Å². The molecule has 0 spiro atoms. The summed E-state index contributed by atoms with van der Waals surface area (Å²) in [6.45, 7) is 3.16. The fourth-order valence-electron chi connectivity index (χ4n) is 4.91. The zero-order valence-corrected chi connectivity index (χ0v) is 20.5. The zero-order chi connectivity index (χ0) is 24.9. The lowest BCUT2D eigenvalue weighted by Crippen LogP contribution is -2.35. The van der Waals surface area contributed by atoms with Crippen molar-refractivity contribution in [2.75, 3.05) is 11.9 Å². The maximum absolute atomic E-state index is 13.0. The molecule has 1 fully saturated rings. The number of rotatable bonds is 6. The van der Waals surface area contributed by atoms with Gasteiger partial charge < -0.3 is 10.1 Å². The van der Waals surface area contributed by atoms with E-state index in [0.717, 1.165) is 53.5 Å². The summed E-state index contributed by atoms with van der Waals surface area (Å²) in [7, 11) is -4.16. The third-order valence-electron chi connectivity index (χ3n) is 6.71. The number of amides is 2. The van der Waals surface area contributed by atoms with Crippen LogP contribution in [-0.4, -0.2) is 51.5 Å². The normalized spacial score (nSPS) is 17.1. The minimum absolute atomic E-state index is 0.0375. The molecule has 2 amide bonds. The molecule has 3 aromatic heterocycles. The summed E-state index contributed by atoms with van der Waals surface area (Å²) in [6.07, 6.45) is 8.49. The van der Waals surface area contributed by atoms with Crippen LogP contribution < -0.4 is 10.0 Å². The highest BCUT2D eigenvalue weighted by Gasteiger charge is 2.26. The highest BCUT2D eigenvalue weighted by molar-refractivity contribution is 7.90. The van der Waals surface area contributed by atoms with Crippen molar-refractivity contribution in [3.63, 3.8) is 0 Å². The van der Waals surface area contributed by atoms with Crippen LogP contribution in [0.2, 0.25) is 0 Å². The molecule has 0 bridgehead atoms. The van der Waals surface area contributed by atoms with E-state index >= 15 is 0 Å². The lowest BCUT2D eigenvalue weighted by Gasteiger charge is -2.25. The van der Waals surface area contributed by atoms with Gasteiger partial charge in [-0.3, -0.25) is 4.68 Å². The van der Waals surface area contributed by atoms with Gasteiger partial charge in [0.2, 0.25) is 0 Å². The quantitative estimate of drug-likeness (QED) is 0.410. The lowest BCUT2D eigenvalue weighted by molar-refractivity contribution is -0.0610. The highest BCUT2D eigenvalue weighted by Crippen LogP contribution is 2.40. The molecule has 1 unspecified atom stereocenters. The van der Waals surface area contributed by atoms with Crippen molar-refractivity contribution in [2.45, 2.75) is 50.3 Å². The summed E-state index contributed by atoms with van der Waals surface area (Å²) in [4.78, 5) is 17.3. The number of fused-ring (bicyclic) bond motifs is 2. The Morgan fingerprint density at radius 1 is 1.22 bits per heavy atom. The number of nitrogens with one attached hydrogen (secondary N) is 2. The smallest absolute Gasteiger partial charge is 0.333 e. The van der Waals surface area contributed by atoms with Crippen molar-refractivity contribution in [3.05, 3.63) is 59.7 Å². The standard InChI is InChI=1S/C24H25N7O4S/c1-15-11-16-3-2-4-19(16)23(22(15)17-5-9-31-20(12-17)25-14-26-31)27-24(32)29-36(33,34)21-6-8-30(28-21)13-18-7-10-35-18/h5-6,8-9,11-12,14,18H,2-4,7,10,13H2,1H3,(H2,27,29,32). The van der Waals surface area contributed by atoms with Crippen LogP contribution in [0.4, 0.5) is 10.5 Å². The average Bonchev–Trinajstić information content (AvgIpc) is 3.55. The Hall–Kier alpha value is -3.77. The second-order valence-corrected chi connectivity index (χ2v) is 10.8. The Morgan fingerprint density at radius 2 is 2.08 bits per heavy atom. The largest absolute Gasteiger partial charge is 0.376 e. The zero-order valence-electron chi connectivity index (χ0n) is 19.6. The number of aryl methyl sites for hydroxylation is 2. The number of sulfonamides is 1. The first-order valence-corrected chi connectivity index (χ1v) is 13.3. The molecular weight excluding hydrogens is 482 g/mol. The third kappa shape index (κ3) is 4.11. The Labute approximate surface area is 207 Å². The summed E-state index contributed by atoms with van der Waals surface area (Å²) in [5.41, 5.74) is 6.15. The van der Waals surface area contributed by atoms with Crippen LogP contribution in [-0.2, 0) is 34.1 Å². The summed E-state index contributed by atoms with van der Waals surface area (Å²) < 4.78 is 36.5. The molecule has 2 aliphatic rings. The molecular formula is C24H25N7O4S. The van der Waals surface area contributed by atoms with Crippen LogP contribution in [0.25, 0.3) is 16.8 Å². The van der Waals surface area contributed by atoms with Crippen LogP contribution in [0.3, 0.4) is 0 Å². The number of pyridine rings is 1. The van der Waals surface area contributed by atoms with E-state index in [1.54, 1.807) is 10.7 Å². The second-order valence-electron chi connectivity index (χ2n) is 9.13. The summed E-state index contributed by atoms with van der Waals surface area (Å²) in [6, 6.07) is 6.48. The number of carbonyl (C=O) groups is 1. The van der Waals surface area contributed by atoms with Gasteiger partial charge >= 0.3 is 6.03 Å². The van der Waals surface area contributed by atoms with Crippen molar-refractivity contribution < 1.29 is 17.9 Å². The number of ether oxygens (including phenoxy) is 1. The molecule has 4 aromatic rings. The van der Waals surface area contributed by atoms with Gasteiger partial charge in [-0.2, -0.15) is 18.6 Å². The molecule has 4 heterocycles. The second kappa shape index (κ2) is 8.71. The number of hydrogen-bond acceptors (Lipinski definition) is 7. The van der Waals surface area contributed by atoms with Gasteiger partial charge in [-0.25, -0.2) is 19.0 Å². The Bertz CT molecular complexity index is 1590. The number of urea groups is 1. The Balaban J connectivity index is 1.29. The van der Waals surface area contributed by atoms with E-state index in [1.807, 2.05) is 25.3 Å². The van der Waals surface area contributed by atoms with Crippen LogP contribution in [0, 0.1) is 6.92 Å². The van der Waals surface area contributed by atoms with Crippen LogP contribution in [0.15, 0.2) is 48.0 Å². The Kier molecular flexibility index (Phi) is 5.49.